The molecule has 3 saturated heterocycles. The second-order valence-electron chi connectivity index (χ2n) is 7.43. The molecule has 3 atom stereocenters. The van der Waals surface area contributed by atoms with Gasteiger partial charge in [-0.05, 0) is 30.7 Å². The minimum absolute atomic E-state index is 0.313. The maximum atomic E-state index is 6.17. The zero-order chi connectivity index (χ0) is 15.7. The quantitative estimate of drug-likeness (QED) is 0.820. The molecule has 0 aromatic heterocycles. The third-order valence-corrected chi connectivity index (χ3v) is 6.11. The molecule has 3 nitrogen and oxygen atoms in total. The molecule has 0 radical (unpaired) electrons. The number of hydrogen-bond acceptors (Lipinski definition) is 3. The summed E-state index contributed by atoms with van der Waals surface area (Å²) in [6, 6.07) is 12.0. The number of ether oxygens (including phenoxy) is 2. The van der Waals surface area contributed by atoms with E-state index in [2.05, 4.69) is 42.2 Å². The summed E-state index contributed by atoms with van der Waals surface area (Å²) in [6.07, 6.45) is 7.55. The second kappa shape index (κ2) is 6.54. The van der Waals surface area contributed by atoms with Crippen molar-refractivity contribution in [3.63, 3.8) is 0 Å². The highest BCUT2D eigenvalue weighted by Gasteiger charge is 2.57. The van der Waals surface area contributed by atoms with Crippen LogP contribution in [-0.4, -0.2) is 36.0 Å². The van der Waals surface area contributed by atoms with Crippen LogP contribution < -0.4 is 0 Å². The van der Waals surface area contributed by atoms with Crippen molar-refractivity contribution >= 4 is 0 Å². The molecule has 3 heteroatoms. The summed E-state index contributed by atoms with van der Waals surface area (Å²) in [7, 11) is 0. The topological polar surface area (TPSA) is 21.7 Å². The minimum Gasteiger partial charge on any atom is -0.346 e. The molecule has 3 aliphatic heterocycles. The highest BCUT2D eigenvalue weighted by Crippen LogP contribution is 2.50. The van der Waals surface area contributed by atoms with Crippen molar-refractivity contribution in [2.45, 2.75) is 69.9 Å². The van der Waals surface area contributed by atoms with E-state index >= 15 is 0 Å². The summed E-state index contributed by atoms with van der Waals surface area (Å²) in [5.41, 5.74) is 1.41. The number of unbranched alkanes of at least 4 members (excludes halogenated alkanes) is 1. The maximum Gasteiger partial charge on any atom is 0.184 e. The lowest BCUT2D eigenvalue weighted by atomic mass is 9.92. The third-order valence-electron chi connectivity index (χ3n) is 6.11. The van der Waals surface area contributed by atoms with E-state index in [1.807, 2.05) is 0 Å². The molecule has 0 saturated carbocycles. The van der Waals surface area contributed by atoms with Crippen molar-refractivity contribution in [1.29, 1.82) is 0 Å². The van der Waals surface area contributed by atoms with Crippen molar-refractivity contribution < 1.29 is 9.47 Å². The van der Waals surface area contributed by atoms with Gasteiger partial charge in [0, 0.05) is 19.0 Å². The predicted molar refractivity (Wildman–Crippen MR) is 91.1 cm³/mol. The molecule has 1 spiro atoms. The van der Waals surface area contributed by atoms with E-state index in [1.165, 1.54) is 37.7 Å². The van der Waals surface area contributed by atoms with Crippen LogP contribution >= 0.6 is 0 Å². The molecular formula is C20H29NO2. The van der Waals surface area contributed by atoms with E-state index in [9.17, 15) is 0 Å². The van der Waals surface area contributed by atoms with Crippen molar-refractivity contribution in [3.8, 4) is 0 Å². The normalized spacial score (nSPS) is 32.7. The van der Waals surface area contributed by atoms with Crippen LogP contribution in [0.5, 0.6) is 0 Å². The molecule has 4 rings (SSSR count). The first-order chi connectivity index (χ1) is 11.3. The van der Waals surface area contributed by atoms with Gasteiger partial charge in [-0.2, -0.15) is 0 Å². The average molecular weight is 315 g/mol. The molecule has 0 aliphatic carbocycles. The summed E-state index contributed by atoms with van der Waals surface area (Å²) < 4.78 is 12.3. The molecule has 1 aromatic carbocycles. The van der Waals surface area contributed by atoms with E-state index < -0.39 is 0 Å². The van der Waals surface area contributed by atoms with Crippen LogP contribution in [0.4, 0.5) is 0 Å². The van der Waals surface area contributed by atoms with Gasteiger partial charge in [0.2, 0.25) is 0 Å². The SMILES string of the molecule is CCCCC1C[C@H]2N(Cc3ccccc3)[C@@H]1CCC21OCCO1. The van der Waals surface area contributed by atoms with Gasteiger partial charge in [-0.15, -0.1) is 0 Å². The Labute approximate surface area is 140 Å². The molecule has 1 aromatic rings. The summed E-state index contributed by atoms with van der Waals surface area (Å²) in [5, 5.41) is 0. The van der Waals surface area contributed by atoms with Gasteiger partial charge in [-0.25, -0.2) is 0 Å². The zero-order valence-corrected chi connectivity index (χ0v) is 14.2. The molecule has 0 amide bonds. The monoisotopic (exact) mass is 315 g/mol. The Hall–Kier alpha value is -0.900. The summed E-state index contributed by atoms with van der Waals surface area (Å²) in [4.78, 5) is 2.71. The van der Waals surface area contributed by atoms with Crippen molar-refractivity contribution in [3.05, 3.63) is 35.9 Å². The van der Waals surface area contributed by atoms with Crippen LogP contribution in [-0.2, 0) is 16.0 Å². The van der Waals surface area contributed by atoms with Crippen molar-refractivity contribution in [2.75, 3.05) is 13.2 Å². The standard InChI is InChI=1S/C20H29NO2/c1-2-3-9-17-14-19-20(22-12-13-23-20)11-10-18(17)21(19)15-16-7-5-4-6-8-16/h4-8,17-19H,2-3,9-15H2,1H3/t17?,18-,19-/m1/s1. The number of benzene rings is 1. The van der Waals surface area contributed by atoms with E-state index in [4.69, 9.17) is 9.47 Å². The molecule has 0 N–H and O–H groups in total. The van der Waals surface area contributed by atoms with Gasteiger partial charge in [0.15, 0.2) is 5.79 Å². The van der Waals surface area contributed by atoms with Crippen LogP contribution in [0, 0.1) is 5.92 Å². The first-order valence-electron chi connectivity index (χ1n) is 9.40. The molecule has 126 valence electrons. The van der Waals surface area contributed by atoms with E-state index in [-0.39, 0.29) is 5.79 Å². The zero-order valence-electron chi connectivity index (χ0n) is 14.2. The molecule has 23 heavy (non-hydrogen) atoms. The van der Waals surface area contributed by atoms with Crippen LogP contribution in [0.2, 0.25) is 0 Å². The number of rotatable bonds is 5. The molecule has 1 unspecified atom stereocenters. The van der Waals surface area contributed by atoms with Gasteiger partial charge in [0.1, 0.15) is 0 Å². The van der Waals surface area contributed by atoms with Gasteiger partial charge in [0.05, 0.1) is 19.3 Å². The fourth-order valence-corrected chi connectivity index (χ4v) is 5.04. The summed E-state index contributed by atoms with van der Waals surface area (Å²) in [5.74, 6) is 0.502. The smallest absolute Gasteiger partial charge is 0.184 e. The average Bonchev–Trinajstić information content (AvgIpc) is 3.13. The predicted octanol–water partition coefficient (Wildman–Crippen LogP) is 3.97. The lowest BCUT2D eigenvalue weighted by Gasteiger charge is -2.45. The fraction of sp³-hybridized carbons (Fsp3) is 0.700. The highest BCUT2D eigenvalue weighted by atomic mass is 16.7. The molecular weight excluding hydrogens is 286 g/mol. The van der Waals surface area contributed by atoms with Crippen molar-refractivity contribution in [1.82, 2.24) is 4.90 Å². The van der Waals surface area contributed by atoms with Crippen LogP contribution in [0.1, 0.15) is 51.0 Å². The molecule has 3 fully saturated rings. The second-order valence-corrected chi connectivity index (χ2v) is 7.43. The lowest BCUT2D eigenvalue weighted by Crippen LogP contribution is -2.56. The van der Waals surface area contributed by atoms with Crippen LogP contribution in [0.15, 0.2) is 30.3 Å². The van der Waals surface area contributed by atoms with E-state index in [1.54, 1.807) is 0 Å². The Morgan fingerprint density at radius 2 is 1.96 bits per heavy atom. The number of fused-ring (bicyclic) bond motifs is 3. The minimum atomic E-state index is -0.313. The Morgan fingerprint density at radius 1 is 1.17 bits per heavy atom. The van der Waals surface area contributed by atoms with E-state index in [0.717, 1.165) is 32.1 Å². The Kier molecular flexibility index (Phi) is 4.44. The Bertz CT molecular complexity index is 512. The van der Waals surface area contributed by atoms with Crippen LogP contribution in [0.3, 0.4) is 0 Å². The van der Waals surface area contributed by atoms with Gasteiger partial charge < -0.3 is 9.47 Å². The maximum absolute atomic E-state index is 6.17. The van der Waals surface area contributed by atoms with Crippen molar-refractivity contribution in [2.24, 2.45) is 5.92 Å². The van der Waals surface area contributed by atoms with E-state index in [0.29, 0.717) is 12.1 Å². The largest absolute Gasteiger partial charge is 0.346 e. The number of piperidine rings is 1. The molecule has 3 aliphatic rings. The van der Waals surface area contributed by atoms with Gasteiger partial charge in [-0.1, -0.05) is 50.1 Å². The van der Waals surface area contributed by atoms with Gasteiger partial charge in [-0.3, -0.25) is 4.90 Å². The first-order valence-corrected chi connectivity index (χ1v) is 9.40. The molecule has 3 heterocycles. The highest BCUT2D eigenvalue weighted by molar-refractivity contribution is 5.17. The Balaban J connectivity index is 1.57. The Morgan fingerprint density at radius 3 is 2.70 bits per heavy atom. The summed E-state index contributed by atoms with van der Waals surface area (Å²) in [6.45, 7) is 4.86. The van der Waals surface area contributed by atoms with Gasteiger partial charge in [0.25, 0.3) is 0 Å². The number of nitrogens with zero attached hydrogens (tertiary/aromatic N) is 1. The summed E-state index contributed by atoms with van der Waals surface area (Å²) >= 11 is 0. The van der Waals surface area contributed by atoms with Crippen LogP contribution in [0.25, 0.3) is 0 Å². The molecule has 2 bridgehead atoms. The number of hydrogen-bond donors (Lipinski definition) is 0. The van der Waals surface area contributed by atoms with Gasteiger partial charge >= 0.3 is 0 Å². The first kappa shape index (κ1) is 15.6. The lowest BCUT2D eigenvalue weighted by molar-refractivity contribution is -0.220. The third kappa shape index (κ3) is 2.84. The fourth-order valence-electron chi connectivity index (χ4n) is 5.04.